The van der Waals surface area contributed by atoms with Crippen LogP contribution >= 0.6 is 0 Å². The van der Waals surface area contributed by atoms with Gasteiger partial charge in [-0.05, 0) is 37.3 Å². The van der Waals surface area contributed by atoms with Crippen molar-refractivity contribution in [3.63, 3.8) is 0 Å². The van der Waals surface area contributed by atoms with Crippen LogP contribution in [-0.4, -0.2) is 35.1 Å². The number of amides is 1. The molecule has 12 heteroatoms. The average Bonchev–Trinajstić information content (AvgIpc) is 2.85. The van der Waals surface area contributed by atoms with Crippen LogP contribution in [0.25, 0.3) is 0 Å². The summed E-state index contributed by atoms with van der Waals surface area (Å²) in [7, 11) is -8.46. The standard InChI is InChI=1S/C18H18F2N2O6S2/c1-3-28-16-7-5-13(22-18(23)11(2)10-29(22,24)25)9-17(16)30(26,27)21-15-6-4-12(19)8-14(15)20/h4-9,11,21H,3,10H2,1-2H3. The number of sulfonamides is 2. The number of nitrogens with zero attached hydrogens (tertiary/aromatic N) is 1. The lowest BCUT2D eigenvalue weighted by Crippen LogP contribution is -2.30. The van der Waals surface area contributed by atoms with E-state index in [0.717, 1.165) is 18.2 Å². The number of rotatable bonds is 6. The van der Waals surface area contributed by atoms with Crippen LogP contribution in [0.3, 0.4) is 0 Å². The lowest BCUT2D eigenvalue weighted by Gasteiger charge is -2.19. The summed E-state index contributed by atoms with van der Waals surface area (Å²) in [6.07, 6.45) is 0. The number of ether oxygens (including phenoxy) is 1. The topological polar surface area (TPSA) is 110 Å². The van der Waals surface area contributed by atoms with Gasteiger partial charge in [0.2, 0.25) is 15.9 Å². The molecule has 1 aliphatic heterocycles. The maximum atomic E-state index is 13.9. The summed E-state index contributed by atoms with van der Waals surface area (Å²) in [4.78, 5) is 11.8. The number of carbonyl (C=O) groups is 1. The zero-order valence-corrected chi connectivity index (χ0v) is 17.6. The summed E-state index contributed by atoms with van der Waals surface area (Å²) in [5.41, 5.74) is -0.699. The molecule has 1 unspecified atom stereocenters. The minimum atomic E-state index is -4.49. The molecule has 1 N–H and O–H groups in total. The highest BCUT2D eigenvalue weighted by Crippen LogP contribution is 2.35. The fourth-order valence-electron chi connectivity index (χ4n) is 2.97. The van der Waals surface area contributed by atoms with Crippen LogP contribution in [0.2, 0.25) is 0 Å². The number of halogens is 2. The molecular formula is C18H18F2N2O6S2. The van der Waals surface area contributed by atoms with Crippen LogP contribution in [0, 0.1) is 17.6 Å². The lowest BCUT2D eigenvalue weighted by atomic mass is 10.2. The maximum Gasteiger partial charge on any atom is 0.265 e. The molecule has 1 fully saturated rings. The second kappa shape index (κ2) is 7.84. The van der Waals surface area contributed by atoms with E-state index in [0.29, 0.717) is 10.4 Å². The minimum Gasteiger partial charge on any atom is -0.492 e. The third-order valence-electron chi connectivity index (χ3n) is 4.29. The van der Waals surface area contributed by atoms with Crippen molar-refractivity contribution < 1.29 is 35.1 Å². The third kappa shape index (κ3) is 4.10. The molecule has 0 aliphatic carbocycles. The molecule has 1 aliphatic rings. The fourth-order valence-corrected chi connectivity index (χ4v) is 6.01. The van der Waals surface area contributed by atoms with Crippen molar-refractivity contribution in [1.29, 1.82) is 0 Å². The van der Waals surface area contributed by atoms with Crippen LogP contribution in [0.4, 0.5) is 20.2 Å². The Morgan fingerprint density at radius 3 is 2.47 bits per heavy atom. The van der Waals surface area contributed by atoms with E-state index >= 15 is 0 Å². The molecule has 1 atom stereocenters. The molecule has 162 valence electrons. The molecule has 1 heterocycles. The minimum absolute atomic E-state index is 0.0880. The number of hydrogen-bond donors (Lipinski definition) is 1. The van der Waals surface area contributed by atoms with Crippen molar-refractivity contribution >= 4 is 37.3 Å². The summed E-state index contributed by atoms with van der Waals surface area (Å²) < 4.78 is 85.4. The van der Waals surface area contributed by atoms with E-state index in [9.17, 15) is 30.4 Å². The normalized spacial score (nSPS) is 18.5. The lowest BCUT2D eigenvalue weighted by molar-refractivity contribution is -0.119. The summed E-state index contributed by atoms with van der Waals surface area (Å²) in [6.45, 7) is 3.14. The molecule has 2 aromatic carbocycles. The Hall–Kier alpha value is -2.73. The molecular weight excluding hydrogens is 442 g/mol. The Labute approximate surface area is 172 Å². The van der Waals surface area contributed by atoms with Crippen molar-refractivity contribution in [2.24, 2.45) is 5.92 Å². The van der Waals surface area contributed by atoms with Gasteiger partial charge >= 0.3 is 0 Å². The highest BCUT2D eigenvalue weighted by atomic mass is 32.2. The zero-order chi connectivity index (χ0) is 22.3. The predicted octanol–water partition coefficient (Wildman–Crippen LogP) is 2.48. The van der Waals surface area contributed by atoms with Crippen LogP contribution in [0.1, 0.15) is 13.8 Å². The summed E-state index contributed by atoms with van der Waals surface area (Å²) in [5, 5.41) is 0. The van der Waals surface area contributed by atoms with Crippen molar-refractivity contribution in [2.75, 3.05) is 21.4 Å². The first-order chi connectivity index (χ1) is 14.0. The van der Waals surface area contributed by atoms with Crippen molar-refractivity contribution in [3.05, 3.63) is 48.0 Å². The van der Waals surface area contributed by atoms with E-state index < -0.39 is 59.8 Å². The van der Waals surface area contributed by atoms with E-state index in [1.54, 1.807) is 6.92 Å². The van der Waals surface area contributed by atoms with E-state index in [4.69, 9.17) is 4.74 Å². The van der Waals surface area contributed by atoms with E-state index in [2.05, 4.69) is 0 Å². The molecule has 2 aromatic rings. The second-order valence-electron chi connectivity index (χ2n) is 6.58. The number of hydrogen-bond acceptors (Lipinski definition) is 6. The fraction of sp³-hybridized carbons (Fsp3) is 0.278. The van der Waals surface area contributed by atoms with Gasteiger partial charge < -0.3 is 4.74 Å². The number of benzene rings is 2. The molecule has 0 bridgehead atoms. The highest BCUT2D eigenvalue weighted by Gasteiger charge is 2.42. The van der Waals surface area contributed by atoms with Gasteiger partial charge in [0, 0.05) is 6.07 Å². The molecule has 0 aromatic heterocycles. The Kier molecular flexibility index (Phi) is 5.74. The van der Waals surface area contributed by atoms with Crippen LogP contribution in [0.15, 0.2) is 41.3 Å². The molecule has 0 radical (unpaired) electrons. The predicted molar refractivity (Wildman–Crippen MR) is 105 cm³/mol. The van der Waals surface area contributed by atoms with Gasteiger partial charge in [0.1, 0.15) is 22.3 Å². The Morgan fingerprint density at radius 1 is 1.20 bits per heavy atom. The van der Waals surface area contributed by atoms with Crippen LogP contribution < -0.4 is 13.8 Å². The first-order valence-corrected chi connectivity index (χ1v) is 11.9. The first kappa shape index (κ1) is 22.0. The van der Waals surface area contributed by atoms with Gasteiger partial charge in [0.05, 0.1) is 29.7 Å². The van der Waals surface area contributed by atoms with Crippen molar-refractivity contribution in [2.45, 2.75) is 18.7 Å². The monoisotopic (exact) mass is 460 g/mol. The maximum absolute atomic E-state index is 13.9. The number of nitrogens with one attached hydrogen (secondary N) is 1. The summed E-state index contributed by atoms with van der Waals surface area (Å²) in [6, 6.07) is 5.70. The van der Waals surface area contributed by atoms with Crippen LogP contribution in [-0.2, 0) is 24.8 Å². The number of anilines is 2. The second-order valence-corrected chi connectivity index (χ2v) is 10.1. The molecule has 3 rings (SSSR count). The summed E-state index contributed by atoms with van der Waals surface area (Å²) in [5.74, 6) is -4.04. The van der Waals surface area contributed by atoms with Gasteiger partial charge in [-0.3, -0.25) is 9.52 Å². The Bertz CT molecular complexity index is 1220. The van der Waals surface area contributed by atoms with Crippen LogP contribution in [0.5, 0.6) is 5.75 Å². The summed E-state index contributed by atoms with van der Waals surface area (Å²) >= 11 is 0. The Morgan fingerprint density at radius 2 is 1.90 bits per heavy atom. The molecule has 8 nitrogen and oxygen atoms in total. The quantitative estimate of drug-likeness (QED) is 0.709. The molecule has 0 spiro atoms. The molecule has 1 amide bonds. The smallest absolute Gasteiger partial charge is 0.265 e. The van der Waals surface area contributed by atoms with Gasteiger partial charge in [-0.2, -0.15) is 0 Å². The van der Waals surface area contributed by atoms with E-state index in [1.807, 2.05) is 4.72 Å². The first-order valence-electron chi connectivity index (χ1n) is 8.78. The SMILES string of the molecule is CCOc1ccc(N2C(=O)C(C)CS2(=O)=O)cc1S(=O)(=O)Nc1ccc(F)cc1F. The van der Waals surface area contributed by atoms with Gasteiger partial charge in [-0.15, -0.1) is 0 Å². The number of carbonyl (C=O) groups excluding carboxylic acids is 1. The van der Waals surface area contributed by atoms with E-state index in [1.165, 1.54) is 19.1 Å². The molecule has 1 saturated heterocycles. The average molecular weight is 460 g/mol. The largest absolute Gasteiger partial charge is 0.492 e. The molecule has 30 heavy (non-hydrogen) atoms. The van der Waals surface area contributed by atoms with Gasteiger partial charge in [-0.1, -0.05) is 6.92 Å². The van der Waals surface area contributed by atoms with E-state index in [-0.39, 0.29) is 18.0 Å². The molecule has 0 saturated carbocycles. The highest BCUT2D eigenvalue weighted by molar-refractivity contribution is 7.94. The van der Waals surface area contributed by atoms with Crippen molar-refractivity contribution in [1.82, 2.24) is 0 Å². The van der Waals surface area contributed by atoms with Gasteiger partial charge in [0.25, 0.3) is 10.0 Å². The zero-order valence-electron chi connectivity index (χ0n) is 15.9. The van der Waals surface area contributed by atoms with Gasteiger partial charge in [-0.25, -0.2) is 29.9 Å². The third-order valence-corrected chi connectivity index (χ3v) is 7.54. The van der Waals surface area contributed by atoms with Gasteiger partial charge in [0.15, 0.2) is 0 Å². The van der Waals surface area contributed by atoms with Crippen molar-refractivity contribution in [3.8, 4) is 5.75 Å². The Balaban J connectivity index is 2.10.